The van der Waals surface area contributed by atoms with E-state index in [2.05, 4.69) is 6.58 Å². The normalized spacial score (nSPS) is 54.3. The van der Waals surface area contributed by atoms with E-state index in [0.717, 1.165) is 6.42 Å². The Morgan fingerprint density at radius 2 is 1.86 bits per heavy atom. The lowest BCUT2D eigenvalue weighted by Gasteiger charge is -2.59. The zero-order chi connectivity index (χ0) is 21.3. The van der Waals surface area contributed by atoms with Crippen molar-refractivity contribution in [2.75, 3.05) is 0 Å². The number of aliphatic hydroxyl groups is 3. The molecule has 0 aliphatic heterocycles. The van der Waals surface area contributed by atoms with E-state index in [-0.39, 0.29) is 12.0 Å². The summed E-state index contributed by atoms with van der Waals surface area (Å²) in [7, 11) is 0. The molecule has 7 nitrogen and oxygen atoms in total. The Kier molecular flexibility index (Phi) is 3.47. The molecule has 0 amide bonds. The molecule has 5 fully saturated rings. The predicted molar refractivity (Wildman–Crippen MR) is 99.3 cm³/mol. The largest absolute Gasteiger partial charge is 0.462 e. The fourth-order valence-corrected chi connectivity index (χ4v) is 8.53. The van der Waals surface area contributed by atoms with E-state index < -0.39 is 75.4 Å². The van der Waals surface area contributed by atoms with E-state index in [1.54, 1.807) is 0 Å². The number of rotatable bonds is 1. The number of hydrogen-bond acceptors (Lipinski definition) is 7. The molecular formula is C22H28O7. The van der Waals surface area contributed by atoms with Gasteiger partial charge in [0.15, 0.2) is 17.2 Å². The van der Waals surface area contributed by atoms with Gasteiger partial charge in [0, 0.05) is 30.1 Å². The van der Waals surface area contributed by atoms with Crippen LogP contribution < -0.4 is 0 Å². The molecule has 0 aromatic rings. The van der Waals surface area contributed by atoms with E-state index >= 15 is 0 Å². The van der Waals surface area contributed by atoms with Gasteiger partial charge in [0.25, 0.3) is 0 Å². The minimum atomic E-state index is -2.41. The van der Waals surface area contributed by atoms with Crippen molar-refractivity contribution in [3.05, 3.63) is 12.2 Å². The highest BCUT2D eigenvalue weighted by Gasteiger charge is 2.93. The predicted octanol–water partition coefficient (Wildman–Crippen LogP) is 0.541. The van der Waals surface area contributed by atoms with Crippen LogP contribution in [0.4, 0.5) is 0 Å². The summed E-state index contributed by atoms with van der Waals surface area (Å²) in [6.45, 7) is 9.00. The van der Waals surface area contributed by atoms with Gasteiger partial charge < -0.3 is 20.1 Å². The van der Waals surface area contributed by atoms with Crippen LogP contribution in [0.25, 0.3) is 0 Å². The number of ketones is 2. The van der Waals surface area contributed by atoms with E-state index in [9.17, 15) is 29.7 Å². The van der Waals surface area contributed by atoms with Crippen LogP contribution >= 0.6 is 0 Å². The minimum absolute atomic E-state index is 0.140. The van der Waals surface area contributed by atoms with Gasteiger partial charge in [-0.1, -0.05) is 26.8 Å². The number of ether oxygens (including phenoxy) is 1. The Bertz CT molecular complexity index is 876. The van der Waals surface area contributed by atoms with Crippen LogP contribution in [0, 0.1) is 34.0 Å². The summed E-state index contributed by atoms with van der Waals surface area (Å²) in [5.41, 5.74) is -5.80. The second-order valence-corrected chi connectivity index (χ2v) is 10.6. The summed E-state index contributed by atoms with van der Waals surface area (Å²) in [6, 6.07) is 0. The Labute approximate surface area is 169 Å². The molecule has 0 heterocycles. The van der Waals surface area contributed by atoms with E-state index in [1.807, 2.05) is 13.8 Å². The van der Waals surface area contributed by atoms with Gasteiger partial charge in [-0.25, -0.2) is 0 Å². The molecule has 0 aromatic heterocycles. The van der Waals surface area contributed by atoms with Gasteiger partial charge in [0.1, 0.15) is 11.5 Å². The number of Topliss-reactive ketones (excluding diaryl/α,β-unsaturated/α-hetero) is 2. The second kappa shape index (κ2) is 5.18. The maximum absolute atomic E-state index is 13.7. The van der Waals surface area contributed by atoms with Crippen molar-refractivity contribution >= 4 is 17.5 Å². The molecule has 5 aliphatic carbocycles. The van der Waals surface area contributed by atoms with Crippen LogP contribution in [0.3, 0.4) is 0 Å². The van der Waals surface area contributed by atoms with Gasteiger partial charge in [0.05, 0.1) is 12.2 Å². The van der Waals surface area contributed by atoms with E-state index in [1.165, 1.54) is 6.92 Å². The standard InChI is InChI=1S/C22H28O7/c1-9-11-8-12(29-10(2)23)13-20-7-5-6-19(3,4)14(20)17(26)22(28,18(20)27)21(13,15(9)24)16(11)25/h11-14,16,18,25,27-28H,1,5-8H2,2-4H3/t11-,12-,13-,14+,16+,18-,20+,21-,22-/m0/s1. The van der Waals surface area contributed by atoms with E-state index in [0.29, 0.717) is 12.8 Å². The average Bonchev–Trinajstić information content (AvgIpc) is 2.95. The third-order valence-electron chi connectivity index (χ3n) is 9.13. The minimum Gasteiger partial charge on any atom is -0.462 e. The smallest absolute Gasteiger partial charge is 0.302 e. The summed E-state index contributed by atoms with van der Waals surface area (Å²) < 4.78 is 5.64. The lowest BCUT2D eigenvalue weighted by Crippen LogP contribution is -2.71. The summed E-state index contributed by atoms with van der Waals surface area (Å²) in [4.78, 5) is 39.1. The molecule has 0 aromatic carbocycles. The average molecular weight is 404 g/mol. The molecule has 3 N–H and O–H groups in total. The fraction of sp³-hybridized carbons (Fsp3) is 0.773. The molecule has 0 saturated heterocycles. The van der Waals surface area contributed by atoms with Crippen LogP contribution in [0.2, 0.25) is 0 Å². The molecule has 9 atom stereocenters. The first-order chi connectivity index (χ1) is 13.4. The van der Waals surface area contributed by atoms with Gasteiger partial charge in [-0.2, -0.15) is 0 Å². The molecule has 5 saturated carbocycles. The summed E-state index contributed by atoms with van der Waals surface area (Å²) in [5, 5.41) is 34.6. The summed E-state index contributed by atoms with van der Waals surface area (Å²) in [5.74, 6) is -3.88. The van der Waals surface area contributed by atoms with Crippen LogP contribution in [-0.4, -0.2) is 56.8 Å². The molecule has 158 valence electrons. The highest BCUT2D eigenvalue weighted by Crippen LogP contribution is 2.80. The van der Waals surface area contributed by atoms with Crippen molar-refractivity contribution in [1.29, 1.82) is 0 Å². The molecule has 5 aliphatic rings. The van der Waals surface area contributed by atoms with Crippen molar-refractivity contribution < 1.29 is 34.4 Å². The zero-order valence-corrected chi connectivity index (χ0v) is 17.0. The number of aliphatic hydroxyl groups excluding tert-OH is 2. The molecule has 29 heavy (non-hydrogen) atoms. The lowest BCUT2D eigenvalue weighted by molar-refractivity contribution is -0.222. The highest BCUT2D eigenvalue weighted by atomic mass is 16.5. The van der Waals surface area contributed by atoms with Gasteiger partial charge in [-0.15, -0.1) is 0 Å². The van der Waals surface area contributed by atoms with Gasteiger partial charge in [-0.05, 0) is 30.3 Å². The van der Waals surface area contributed by atoms with Crippen LogP contribution in [0.1, 0.15) is 46.5 Å². The molecule has 2 spiro atoms. The first-order valence-corrected chi connectivity index (χ1v) is 10.4. The van der Waals surface area contributed by atoms with Gasteiger partial charge >= 0.3 is 5.97 Å². The van der Waals surface area contributed by atoms with Crippen molar-refractivity contribution in [3.63, 3.8) is 0 Å². The Balaban J connectivity index is 1.84. The van der Waals surface area contributed by atoms with Crippen molar-refractivity contribution in [2.45, 2.75) is 70.4 Å². The van der Waals surface area contributed by atoms with E-state index in [4.69, 9.17) is 4.74 Å². The second-order valence-electron chi connectivity index (χ2n) is 10.6. The van der Waals surface area contributed by atoms with Crippen LogP contribution in [0.5, 0.6) is 0 Å². The maximum atomic E-state index is 13.7. The molecule has 0 radical (unpaired) electrons. The van der Waals surface area contributed by atoms with Crippen LogP contribution in [0.15, 0.2) is 12.2 Å². The third kappa shape index (κ3) is 1.66. The van der Waals surface area contributed by atoms with Crippen molar-refractivity contribution in [3.8, 4) is 0 Å². The molecule has 4 bridgehead atoms. The topological polar surface area (TPSA) is 121 Å². The third-order valence-corrected chi connectivity index (χ3v) is 9.13. The Morgan fingerprint density at radius 1 is 1.21 bits per heavy atom. The zero-order valence-electron chi connectivity index (χ0n) is 17.0. The number of carbonyl (C=O) groups is 3. The maximum Gasteiger partial charge on any atom is 0.302 e. The first kappa shape index (κ1) is 19.4. The monoisotopic (exact) mass is 404 g/mol. The summed E-state index contributed by atoms with van der Waals surface area (Å²) in [6.07, 6.45) is -1.54. The van der Waals surface area contributed by atoms with Gasteiger partial charge in [-0.3, -0.25) is 14.4 Å². The number of hydrogen-bond donors (Lipinski definition) is 3. The SMILES string of the molecule is C=C1C(=O)[C@]23[C@H](O)[C@H]1C[C@H](OC(C)=O)[C@H]2[C@]12CCCC(C)(C)[C@H]1C(=O)[C@]3(O)[C@H]2O. The number of esters is 1. The first-order valence-electron chi connectivity index (χ1n) is 10.4. The Hall–Kier alpha value is -1.57. The molecule has 5 rings (SSSR count). The molecule has 0 unspecified atom stereocenters. The molecule has 7 heteroatoms. The van der Waals surface area contributed by atoms with Crippen molar-refractivity contribution in [2.24, 2.45) is 34.0 Å². The molecular weight excluding hydrogens is 376 g/mol. The summed E-state index contributed by atoms with van der Waals surface area (Å²) >= 11 is 0. The van der Waals surface area contributed by atoms with Crippen LogP contribution in [-0.2, 0) is 19.1 Å². The van der Waals surface area contributed by atoms with Gasteiger partial charge in [0.2, 0.25) is 0 Å². The number of fused-ring (bicyclic) bond motifs is 2. The fourth-order valence-electron chi connectivity index (χ4n) is 8.53. The Morgan fingerprint density at radius 3 is 2.48 bits per heavy atom. The quantitative estimate of drug-likeness (QED) is 0.431. The highest BCUT2D eigenvalue weighted by molar-refractivity contribution is 6.12. The van der Waals surface area contributed by atoms with Crippen molar-refractivity contribution in [1.82, 2.24) is 0 Å². The lowest BCUT2D eigenvalue weighted by atomic mass is 9.44. The number of carbonyl (C=O) groups excluding carboxylic acids is 3.